The Morgan fingerprint density at radius 1 is 1.64 bits per heavy atom. The average Bonchev–Trinajstić information content (AvgIpc) is 2.71. The van der Waals surface area contributed by atoms with Gasteiger partial charge in [-0.05, 0) is 13.0 Å². The van der Waals surface area contributed by atoms with Gasteiger partial charge in [-0.15, -0.1) is 0 Å². The van der Waals surface area contributed by atoms with Crippen molar-refractivity contribution < 1.29 is 32.1 Å². The first-order chi connectivity index (χ1) is 10.3. The third kappa shape index (κ3) is 2.39. The molecule has 0 aromatic rings. The zero-order chi connectivity index (χ0) is 16.1. The summed E-state index contributed by atoms with van der Waals surface area (Å²) in [5, 5.41) is 2.46. The van der Waals surface area contributed by atoms with E-state index in [4.69, 9.17) is 13.8 Å². The smallest absolute Gasteiger partial charge is 0.346 e. The number of amides is 2. The van der Waals surface area contributed by atoms with Gasteiger partial charge in [-0.25, -0.2) is 13.8 Å². The molecule has 3 rings (SSSR count). The number of hydrogen-bond acceptors (Lipinski definition) is 6. The van der Waals surface area contributed by atoms with E-state index >= 15 is 4.39 Å². The number of phosphoric acid groups is 1. The van der Waals surface area contributed by atoms with Gasteiger partial charge < -0.3 is 10.1 Å². The number of halogens is 1. The minimum atomic E-state index is -3.81. The molecule has 3 aliphatic heterocycles. The number of rotatable bonds is 2. The molecule has 5 atom stereocenters. The summed E-state index contributed by atoms with van der Waals surface area (Å²) in [4.78, 5) is 13.0. The fourth-order valence-corrected chi connectivity index (χ4v) is 3.81. The van der Waals surface area contributed by atoms with Gasteiger partial charge in [0.1, 0.15) is 12.2 Å². The lowest BCUT2D eigenvalue weighted by molar-refractivity contribution is -0.0771. The van der Waals surface area contributed by atoms with Crippen molar-refractivity contribution in [2.45, 2.75) is 31.0 Å². The zero-order valence-electron chi connectivity index (χ0n) is 12.0. The Hall–Kier alpha value is -1.25. The lowest BCUT2D eigenvalue weighted by Gasteiger charge is -2.35. The molecule has 2 fully saturated rings. The third-order valence-electron chi connectivity index (χ3n) is 3.73. The first-order valence-corrected chi connectivity index (χ1v) is 8.02. The number of nitrogens with one attached hydrogen (secondary N) is 1. The number of carbonyl (C=O) groups is 1. The molecule has 0 saturated carbocycles. The van der Waals surface area contributed by atoms with Crippen molar-refractivity contribution >= 4 is 13.9 Å². The van der Waals surface area contributed by atoms with E-state index in [1.165, 1.54) is 19.2 Å². The van der Waals surface area contributed by atoms with Crippen molar-refractivity contribution in [2.75, 3.05) is 13.7 Å². The molecule has 3 aliphatic rings. The van der Waals surface area contributed by atoms with E-state index in [0.29, 0.717) is 5.70 Å². The highest BCUT2D eigenvalue weighted by Gasteiger charge is 2.62. The minimum Gasteiger partial charge on any atom is -0.346 e. The summed E-state index contributed by atoms with van der Waals surface area (Å²) in [7, 11) is -2.66. The second-order valence-electron chi connectivity index (χ2n) is 5.31. The van der Waals surface area contributed by atoms with Crippen molar-refractivity contribution in [3.05, 3.63) is 24.6 Å². The lowest BCUT2D eigenvalue weighted by Crippen LogP contribution is -2.54. The number of nitrogens with zero attached hydrogens (tertiary/aromatic N) is 1. The highest BCUT2D eigenvalue weighted by molar-refractivity contribution is 7.48. The SMILES string of the molecule is C=C1C=CN([C@@H]2O[C@@H]3CO[P@](=O)(OC)O[C@H]3[C@@]2(C)F)C(=O)N1. The van der Waals surface area contributed by atoms with Gasteiger partial charge in [-0.3, -0.25) is 18.5 Å². The van der Waals surface area contributed by atoms with Gasteiger partial charge in [-0.1, -0.05) is 6.58 Å². The summed E-state index contributed by atoms with van der Waals surface area (Å²) in [5.41, 5.74) is -1.72. The normalized spacial score (nSPS) is 44.9. The number of fused-ring (bicyclic) bond motifs is 1. The monoisotopic (exact) mass is 334 g/mol. The molecule has 0 unspecified atom stereocenters. The molecule has 3 heterocycles. The standard InChI is InChI=1S/C12H16FN2O6P/c1-7-4-5-15(11(16)14-7)10-12(2,13)9-8(20-10)6-19-22(17,18-3)21-9/h4-5,8-10H,1,6H2,2-3H3,(H,14,16)/t8-,9-,10-,12-,22+/m1/s1. The molecule has 0 radical (unpaired) electrons. The molecule has 0 aromatic heterocycles. The fraction of sp³-hybridized carbons (Fsp3) is 0.583. The Bertz CT molecular complexity index is 594. The van der Waals surface area contributed by atoms with Crippen molar-refractivity contribution in [3.63, 3.8) is 0 Å². The van der Waals surface area contributed by atoms with Crippen LogP contribution < -0.4 is 5.32 Å². The molecule has 2 saturated heterocycles. The predicted octanol–water partition coefficient (Wildman–Crippen LogP) is 1.66. The predicted molar refractivity (Wildman–Crippen MR) is 72.3 cm³/mol. The summed E-state index contributed by atoms with van der Waals surface area (Å²) in [5.74, 6) is 0. The van der Waals surface area contributed by atoms with Crippen LogP contribution in [-0.4, -0.2) is 48.8 Å². The molecule has 0 spiro atoms. The summed E-state index contributed by atoms with van der Waals surface area (Å²) in [6.45, 7) is 4.65. The Morgan fingerprint density at radius 2 is 2.36 bits per heavy atom. The van der Waals surface area contributed by atoms with E-state index in [2.05, 4.69) is 16.4 Å². The largest absolute Gasteiger partial charge is 0.475 e. The Kier molecular flexibility index (Phi) is 3.65. The molecule has 122 valence electrons. The van der Waals surface area contributed by atoms with E-state index in [0.717, 1.165) is 12.0 Å². The van der Waals surface area contributed by atoms with E-state index in [9.17, 15) is 9.36 Å². The maximum Gasteiger partial charge on any atom is 0.475 e. The Balaban J connectivity index is 1.87. The van der Waals surface area contributed by atoms with Gasteiger partial charge in [0.15, 0.2) is 11.9 Å². The van der Waals surface area contributed by atoms with Crippen molar-refractivity contribution in [1.29, 1.82) is 0 Å². The molecule has 10 heteroatoms. The number of ether oxygens (including phenoxy) is 1. The summed E-state index contributed by atoms with van der Waals surface area (Å²) < 4.78 is 47.5. The van der Waals surface area contributed by atoms with E-state index in [1.807, 2.05) is 0 Å². The zero-order valence-corrected chi connectivity index (χ0v) is 12.9. The molecule has 1 N–H and O–H groups in total. The molecular formula is C12H16FN2O6P. The quantitative estimate of drug-likeness (QED) is 0.773. The van der Waals surface area contributed by atoms with Crippen LogP contribution in [0.2, 0.25) is 0 Å². The topological polar surface area (TPSA) is 86.3 Å². The van der Waals surface area contributed by atoms with Crippen LogP contribution in [0.15, 0.2) is 24.6 Å². The van der Waals surface area contributed by atoms with Crippen LogP contribution in [-0.2, 0) is 22.9 Å². The first kappa shape index (κ1) is 15.6. The molecule has 8 nitrogen and oxygen atoms in total. The van der Waals surface area contributed by atoms with Crippen LogP contribution in [0.3, 0.4) is 0 Å². The molecule has 22 heavy (non-hydrogen) atoms. The van der Waals surface area contributed by atoms with Crippen molar-refractivity contribution in [3.8, 4) is 0 Å². The second-order valence-corrected chi connectivity index (χ2v) is 7.04. The summed E-state index contributed by atoms with van der Waals surface area (Å²) in [6, 6.07) is -0.573. The van der Waals surface area contributed by atoms with E-state index in [-0.39, 0.29) is 6.61 Å². The highest BCUT2D eigenvalue weighted by atomic mass is 31.2. The van der Waals surface area contributed by atoms with Gasteiger partial charge in [0.2, 0.25) is 0 Å². The van der Waals surface area contributed by atoms with Gasteiger partial charge >= 0.3 is 13.9 Å². The number of carbonyl (C=O) groups excluding carboxylic acids is 1. The van der Waals surface area contributed by atoms with Crippen molar-refractivity contribution in [2.24, 2.45) is 0 Å². The van der Waals surface area contributed by atoms with Crippen LogP contribution in [0.4, 0.5) is 9.18 Å². The molecule has 0 aromatic carbocycles. The van der Waals surface area contributed by atoms with E-state index < -0.39 is 38.0 Å². The molecule has 0 aliphatic carbocycles. The minimum absolute atomic E-state index is 0.155. The number of alkyl halides is 1. The van der Waals surface area contributed by atoms with Gasteiger partial charge in [0.25, 0.3) is 0 Å². The molecule has 2 amide bonds. The fourth-order valence-electron chi connectivity index (χ4n) is 2.61. The van der Waals surface area contributed by atoms with Gasteiger partial charge in [0.05, 0.1) is 6.61 Å². The Morgan fingerprint density at radius 3 is 3.00 bits per heavy atom. The van der Waals surface area contributed by atoms with Crippen LogP contribution in [0.1, 0.15) is 6.92 Å². The van der Waals surface area contributed by atoms with Crippen LogP contribution >= 0.6 is 7.82 Å². The summed E-state index contributed by atoms with van der Waals surface area (Å²) in [6.07, 6.45) is -0.344. The van der Waals surface area contributed by atoms with Crippen molar-refractivity contribution in [1.82, 2.24) is 10.2 Å². The Labute approximate surface area is 126 Å². The average molecular weight is 334 g/mol. The van der Waals surface area contributed by atoms with Crippen LogP contribution in [0.25, 0.3) is 0 Å². The van der Waals surface area contributed by atoms with Crippen LogP contribution in [0, 0.1) is 0 Å². The van der Waals surface area contributed by atoms with Gasteiger partial charge in [-0.2, -0.15) is 0 Å². The molecule has 0 bridgehead atoms. The molecular weight excluding hydrogens is 318 g/mol. The third-order valence-corrected chi connectivity index (χ3v) is 5.13. The second kappa shape index (κ2) is 5.14. The lowest BCUT2D eigenvalue weighted by atomic mass is 9.98. The summed E-state index contributed by atoms with van der Waals surface area (Å²) >= 11 is 0. The maximum absolute atomic E-state index is 15.2. The van der Waals surface area contributed by atoms with Crippen LogP contribution in [0.5, 0.6) is 0 Å². The highest BCUT2D eigenvalue weighted by Crippen LogP contribution is 2.57. The number of hydrogen-bond donors (Lipinski definition) is 1. The first-order valence-electron chi connectivity index (χ1n) is 6.56. The van der Waals surface area contributed by atoms with Gasteiger partial charge in [0, 0.05) is 19.0 Å². The number of allylic oxidation sites excluding steroid dienone is 1. The van der Waals surface area contributed by atoms with E-state index in [1.54, 1.807) is 0 Å². The maximum atomic E-state index is 15.2. The number of urea groups is 1. The number of phosphoric ester groups is 1.